The number of fused-ring (bicyclic) bond motifs is 1. The summed E-state index contributed by atoms with van der Waals surface area (Å²) in [7, 11) is 3.12. The Morgan fingerprint density at radius 2 is 1.62 bits per heavy atom. The molecule has 5 nitrogen and oxygen atoms in total. The second-order valence-electron chi connectivity index (χ2n) is 5.82. The molecule has 0 fully saturated rings. The van der Waals surface area contributed by atoms with E-state index in [0.29, 0.717) is 22.9 Å². The van der Waals surface area contributed by atoms with E-state index in [9.17, 15) is 4.79 Å². The summed E-state index contributed by atoms with van der Waals surface area (Å²) < 4.78 is 16.3. The lowest BCUT2D eigenvalue weighted by Crippen LogP contribution is -2.30. The molecule has 3 aromatic rings. The Bertz CT molecular complexity index is 923. The Kier molecular flexibility index (Phi) is 5.27. The number of benzene rings is 3. The molecule has 0 saturated carbocycles. The van der Waals surface area contributed by atoms with Crippen molar-refractivity contribution in [3.8, 4) is 17.2 Å². The fourth-order valence-electron chi connectivity index (χ4n) is 2.64. The van der Waals surface area contributed by atoms with Gasteiger partial charge in [0.2, 0.25) is 0 Å². The van der Waals surface area contributed by atoms with E-state index in [1.54, 1.807) is 39.3 Å². The summed E-state index contributed by atoms with van der Waals surface area (Å²) >= 11 is 0. The lowest BCUT2D eigenvalue weighted by Gasteiger charge is -2.17. The van der Waals surface area contributed by atoms with Crippen LogP contribution in [-0.2, 0) is 4.79 Å². The van der Waals surface area contributed by atoms with Gasteiger partial charge in [0.25, 0.3) is 5.91 Å². The van der Waals surface area contributed by atoms with Gasteiger partial charge < -0.3 is 19.5 Å². The van der Waals surface area contributed by atoms with E-state index in [2.05, 4.69) is 5.32 Å². The third-order valence-electron chi connectivity index (χ3n) is 4.07. The van der Waals surface area contributed by atoms with Gasteiger partial charge in [0, 0.05) is 6.07 Å². The summed E-state index contributed by atoms with van der Waals surface area (Å²) in [4.78, 5) is 12.5. The number of hydrogen-bond acceptors (Lipinski definition) is 4. The number of amides is 1. The van der Waals surface area contributed by atoms with Gasteiger partial charge in [-0.05, 0) is 42.0 Å². The summed E-state index contributed by atoms with van der Waals surface area (Å²) in [6.45, 7) is 1.71. The van der Waals surface area contributed by atoms with Gasteiger partial charge in [0.1, 0.15) is 17.2 Å². The smallest absolute Gasteiger partial charge is 0.265 e. The lowest BCUT2D eigenvalue weighted by atomic mass is 10.1. The minimum Gasteiger partial charge on any atom is -0.497 e. The molecule has 1 amide bonds. The van der Waals surface area contributed by atoms with Gasteiger partial charge in [-0.25, -0.2) is 0 Å². The molecule has 0 heterocycles. The molecule has 0 saturated heterocycles. The van der Waals surface area contributed by atoms with E-state index in [4.69, 9.17) is 14.2 Å². The molecule has 0 bridgehead atoms. The first-order valence-corrected chi connectivity index (χ1v) is 8.29. The van der Waals surface area contributed by atoms with Gasteiger partial charge in [0.05, 0.1) is 19.9 Å². The first kappa shape index (κ1) is 17.6. The van der Waals surface area contributed by atoms with Crippen LogP contribution in [0.3, 0.4) is 0 Å². The van der Waals surface area contributed by atoms with Crippen LogP contribution >= 0.6 is 0 Å². The second-order valence-corrected chi connectivity index (χ2v) is 5.82. The molecule has 0 aliphatic heterocycles. The summed E-state index contributed by atoms with van der Waals surface area (Å²) in [6, 6.07) is 19.0. The molecule has 0 aliphatic carbocycles. The van der Waals surface area contributed by atoms with Crippen LogP contribution in [0.15, 0.2) is 60.7 Å². The molecule has 0 unspecified atom stereocenters. The molecule has 0 aromatic heterocycles. The number of anilines is 1. The maximum atomic E-state index is 12.5. The van der Waals surface area contributed by atoms with Crippen LogP contribution in [-0.4, -0.2) is 26.2 Å². The molecule has 0 spiro atoms. The Labute approximate surface area is 152 Å². The van der Waals surface area contributed by atoms with Gasteiger partial charge in [-0.15, -0.1) is 0 Å². The number of carbonyl (C=O) groups excluding carboxylic acids is 1. The quantitative estimate of drug-likeness (QED) is 0.721. The normalized spacial score (nSPS) is 11.7. The second kappa shape index (κ2) is 7.78. The number of rotatable bonds is 6. The predicted molar refractivity (Wildman–Crippen MR) is 102 cm³/mol. The summed E-state index contributed by atoms with van der Waals surface area (Å²) in [5.74, 6) is 1.55. The van der Waals surface area contributed by atoms with Crippen LogP contribution in [0.1, 0.15) is 6.92 Å². The lowest BCUT2D eigenvalue weighted by molar-refractivity contribution is -0.122. The highest BCUT2D eigenvalue weighted by Crippen LogP contribution is 2.29. The molecule has 5 heteroatoms. The summed E-state index contributed by atoms with van der Waals surface area (Å²) in [5, 5.41) is 5.01. The minimum atomic E-state index is -0.674. The van der Waals surface area contributed by atoms with Crippen LogP contribution in [0.25, 0.3) is 10.8 Å². The molecule has 0 aliphatic rings. The zero-order chi connectivity index (χ0) is 18.5. The number of methoxy groups -OCH3 is 2. The Morgan fingerprint density at radius 3 is 2.35 bits per heavy atom. The molecular formula is C21H21NO4. The van der Waals surface area contributed by atoms with Crippen molar-refractivity contribution in [3.63, 3.8) is 0 Å². The van der Waals surface area contributed by atoms with E-state index in [0.717, 1.165) is 10.8 Å². The van der Waals surface area contributed by atoms with Gasteiger partial charge in [0.15, 0.2) is 6.10 Å². The van der Waals surface area contributed by atoms with E-state index >= 15 is 0 Å². The van der Waals surface area contributed by atoms with E-state index in [-0.39, 0.29) is 5.91 Å². The first-order chi connectivity index (χ1) is 12.6. The highest BCUT2D eigenvalue weighted by Gasteiger charge is 2.17. The molecule has 3 rings (SSSR count). The fraction of sp³-hybridized carbons (Fsp3) is 0.190. The third-order valence-corrected chi connectivity index (χ3v) is 4.07. The molecular weight excluding hydrogens is 330 g/mol. The van der Waals surface area contributed by atoms with Crippen molar-refractivity contribution in [1.29, 1.82) is 0 Å². The molecule has 1 N–H and O–H groups in total. The van der Waals surface area contributed by atoms with Crippen LogP contribution in [0.2, 0.25) is 0 Å². The number of nitrogens with one attached hydrogen (secondary N) is 1. The molecule has 0 radical (unpaired) electrons. The number of hydrogen-bond donors (Lipinski definition) is 1. The number of carbonyl (C=O) groups is 1. The van der Waals surface area contributed by atoms with Gasteiger partial charge in [-0.2, -0.15) is 0 Å². The van der Waals surface area contributed by atoms with Crippen molar-refractivity contribution >= 4 is 22.4 Å². The molecule has 3 aromatic carbocycles. The van der Waals surface area contributed by atoms with Crippen LogP contribution in [0, 0.1) is 0 Å². The summed E-state index contributed by atoms with van der Waals surface area (Å²) in [6.07, 6.45) is -0.674. The fourth-order valence-corrected chi connectivity index (χ4v) is 2.64. The standard InChI is InChI=1S/C21H21NO4/c1-14(26-18-9-8-15-6-4-5-7-16(15)12-18)21(23)22-19-13-17(24-2)10-11-20(19)25-3/h4-14H,1-3H3,(H,22,23)/t14-/m1/s1. The topological polar surface area (TPSA) is 56.8 Å². The van der Waals surface area contributed by atoms with E-state index in [1.165, 1.54) is 0 Å². The van der Waals surface area contributed by atoms with Gasteiger partial charge in [-0.3, -0.25) is 4.79 Å². The first-order valence-electron chi connectivity index (χ1n) is 8.29. The summed E-state index contributed by atoms with van der Waals surface area (Å²) in [5.41, 5.74) is 0.533. The molecule has 26 heavy (non-hydrogen) atoms. The van der Waals surface area contributed by atoms with Crippen molar-refractivity contribution in [1.82, 2.24) is 0 Å². The van der Waals surface area contributed by atoms with E-state index in [1.807, 2.05) is 42.5 Å². The largest absolute Gasteiger partial charge is 0.497 e. The monoisotopic (exact) mass is 351 g/mol. The molecule has 134 valence electrons. The van der Waals surface area contributed by atoms with Crippen molar-refractivity contribution in [3.05, 3.63) is 60.7 Å². The zero-order valence-electron chi connectivity index (χ0n) is 15.0. The molecule has 1 atom stereocenters. The van der Waals surface area contributed by atoms with Crippen LogP contribution < -0.4 is 19.5 Å². The minimum absolute atomic E-state index is 0.273. The number of ether oxygens (including phenoxy) is 3. The van der Waals surface area contributed by atoms with Crippen molar-refractivity contribution < 1.29 is 19.0 Å². The Morgan fingerprint density at radius 1 is 0.885 bits per heavy atom. The highest BCUT2D eigenvalue weighted by molar-refractivity contribution is 5.95. The Balaban J connectivity index is 1.73. The zero-order valence-corrected chi connectivity index (χ0v) is 15.0. The average Bonchev–Trinajstić information content (AvgIpc) is 2.67. The van der Waals surface area contributed by atoms with Crippen molar-refractivity contribution in [2.45, 2.75) is 13.0 Å². The van der Waals surface area contributed by atoms with Crippen molar-refractivity contribution in [2.24, 2.45) is 0 Å². The van der Waals surface area contributed by atoms with Crippen LogP contribution in [0.5, 0.6) is 17.2 Å². The average molecular weight is 351 g/mol. The SMILES string of the molecule is COc1ccc(OC)c(NC(=O)[C@@H](C)Oc2ccc3ccccc3c2)c1. The van der Waals surface area contributed by atoms with Crippen LogP contribution in [0.4, 0.5) is 5.69 Å². The van der Waals surface area contributed by atoms with E-state index < -0.39 is 6.10 Å². The Hall–Kier alpha value is -3.21. The maximum absolute atomic E-state index is 12.5. The van der Waals surface area contributed by atoms with Gasteiger partial charge >= 0.3 is 0 Å². The predicted octanol–water partition coefficient (Wildman–Crippen LogP) is 4.26. The maximum Gasteiger partial charge on any atom is 0.265 e. The third kappa shape index (κ3) is 3.88. The highest BCUT2D eigenvalue weighted by atomic mass is 16.5. The van der Waals surface area contributed by atoms with Gasteiger partial charge in [-0.1, -0.05) is 30.3 Å². The van der Waals surface area contributed by atoms with Crippen molar-refractivity contribution in [2.75, 3.05) is 19.5 Å².